The number of halogens is 6. The van der Waals surface area contributed by atoms with Crippen molar-refractivity contribution >= 4 is 39.5 Å². The molecule has 0 aliphatic heterocycles. The average Bonchev–Trinajstić information content (AvgIpc) is 2.99. The second kappa shape index (κ2) is 9.04. The summed E-state index contributed by atoms with van der Waals surface area (Å²) in [5.41, 5.74) is 0.337. The van der Waals surface area contributed by atoms with Crippen molar-refractivity contribution in [2.24, 2.45) is 0 Å². The van der Waals surface area contributed by atoms with Crippen molar-refractivity contribution in [3.63, 3.8) is 0 Å². The van der Waals surface area contributed by atoms with Crippen molar-refractivity contribution < 1.29 is 22.7 Å². The van der Waals surface area contributed by atoms with Gasteiger partial charge in [-0.05, 0) is 28.8 Å². The SMILES string of the molecule is CNc1sc(Cc2cccc(CC(Cl)Cl)c2F)c(O)c1-c1cccc(C(F)(F)F)c1. The number of hydrogen-bond acceptors (Lipinski definition) is 3. The van der Waals surface area contributed by atoms with Crippen LogP contribution in [-0.2, 0) is 19.0 Å². The number of aromatic hydroxyl groups is 1. The zero-order chi connectivity index (χ0) is 22.1. The van der Waals surface area contributed by atoms with Crippen LogP contribution in [0.2, 0.25) is 0 Å². The molecule has 160 valence electrons. The van der Waals surface area contributed by atoms with Gasteiger partial charge in [-0.25, -0.2) is 4.39 Å². The monoisotopic (exact) mass is 477 g/mol. The third-order valence-electron chi connectivity index (χ3n) is 4.54. The van der Waals surface area contributed by atoms with Crippen molar-refractivity contribution in [2.75, 3.05) is 12.4 Å². The summed E-state index contributed by atoms with van der Waals surface area (Å²) in [4.78, 5) is -0.329. The van der Waals surface area contributed by atoms with Gasteiger partial charge in [-0.1, -0.05) is 30.3 Å². The van der Waals surface area contributed by atoms with Crippen LogP contribution in [-0.4, -0.2) is 17.0 Å². The lowest BCUT2D eigenvalue weighted by Gasteiger charge is -2.10. The zero-order valence-electron chi connectivity index (χ0n) is 15.7. The molecular weight excluding hydrogens is 461 g/mol. The van der Waals surface area contributed by atoms with Gasteiger partial charge >= 0.3 is 6.18 Å². The Kier molecular flexibility index (Phi) is 6.84. The lowest BCUT2D eigenvalue weighted by Crippen LogP contribution is -2.04. The molecule has 0 aliphatic carbocycles. The van der Waals surface area contributed by atoms with Gasteiger partial charge in [0.25, 0.3) is 0 Å². The highest BCUT2D eigenvalue weighted by Crippen LogP contribution is 2.47. The Morgan fingerprint density at radius 1 is 1.10 bits per heavy atom. The second-order valence-corrected chi connectivity index (χ2v) is 8.95. The molecule has 3 aromatic rings. The molecule has 0 amide bonds. The number of nitrogens with one attached hydrogen (secondary N) is 1. The van der Waals surface area contributed by atoms with Gasteiger partial charge in [0, 0.05) is 19.9 Å². The number of anilines is 1. The number of rotatable bonds is 6. The molecule has 1 heterocycles. The molecule has 2 nitrogen and oxygen atoms in total. The van der Waals surface area contributed by atoms with Gasteiger partial charge < -0.3 is 10.4 Å². The summed E-state index contributed by atoms with van der Waals surface area (Å²) in [7, 11) is 1.61. The van der Waals surface area contributed by atoms with E-state index < -0.39 is 22.4 Å². The molecule has 9 heteroatoms. The van der Waals surface area contributed by atoms with Crippen molar-refractivity contribution in [1.82, 2.24) is 0 Å². The Morgan fingerprint density at radius 3 is 2.40 bits per heavy atom. The molecule has 2 N–H and O–H groups in total. The molecule has 0 saturated carbocycles. The minimum absolute atomic E-state index is 0.0685. The highest BCUT2D eigenvalue weighted by molar-refractivity contribution is 7.17. The summed E-state index contributed by atoms with van der Waals surface area (Å²) >= 11 is 12.7. The summed E-state index contributed by atoms with van der Waals surface area (Å²) in [6.07, 6.45) is -4.30. The Morgan fingerprint density at radius 2 is 1.77 bits per heavy atom. The summed E-state index contributed by atoms with van der Waals surface area (Å²) in [5.74, 6) is -0.649. The van der Waals surface area contributed by atoms with Crippen LogP contribution >= 0.6 is 34.5 Å². The van der Waals surface area contributed by atoms with E-state index in [1.807, 2.05) is 0 Å². The quantitative estimate of drug-likeness (QED) is 0.289. The maximum Gasteiger partial charge on any atom is 0.416 e. The van der Waals surface area contributed by atoms with Crippen LogP contribution in [0.1, 0.15) is 21.6 Å². The topological polar surface area (TPSA) is 32.3 Å². The molecule has 0 unspecified atom stereocenters. The Labute approximate surface area is 185 Å². The van der Waals surface area contributed by atoms with Crippen LogP contribution in [0.25, 0.3) is 11.1 Å². The molecule has 0 spiro atoms. The van der Waals surface area contributed by atoms with Crippen molar-refractivity contribution in [2.45, 2.75) is 23.9 Å². The predicted octanol–water partition coefficient (Wildman–Crippen LogP) is 7.26. The molecular formula is C21H17Cl2F4NOS. The van der Waals surface area contributed by atoms with Crippen LogP contribution in [0.4, 0.5) is 22.6 Å². The molecule has 0 bridgehead atoms. The number of alkyl halides is 5. The van der Waals surface area contributed by atoms with E-state index >= 15 is 0 Å². The largest absolute Gasteiger partial charge is 0.506 e. The first-order valence-electron chi connectivity index (χ1n) is 8.86. The van der Waals surface area contributed by atoms with Crippen molar-refractivity contribution in [3.05, 3.63) is 69.8 Å². The second-order valence-electron chi connectivity index (χ2n) is 6.57. The molecule has 0 atom stereocenters. The highest BCUT2D eigenvalue weighted by Gasteiger charge is 2.31. The normalized spacial score (nSPS) is 11.9. The smallest absolute Gasteiger partial charge is 0.416 e. The number of benzene rings is 2. The van der Waals surface area contributed by atoms with E-state index in [1.165, 1.54) is 12.1 Å². The lowest BCUT2D eigenvalue weighted by atomic mass is 10.0. The van der Waals surface area contributed by atoms with Gasteiger partial charge in [0.15, 0.2) is 0 Å². The Bertz CT molecular complexity index is 1050. The fourth-order valence-corrected chi connectivity index (χ4v) is 4.57. The van der Waals surface area contributed by atoms with Crippen LogP contribution in [0.3, 0.4) is 0 Å². The molecule has 30 heavy (non-hydrogen) atoms. The van der Waals surface area contributed by atoms with Gasteiger partial charge in [-0.3, -0.25) is 0 Å². The number of thiophene rings is 1. The molecule has 3 rings (SSSR count). The van der Waals surface area contributed by atoms with Crippen molar-refractivity contribution in [1.29, 1.82) is 0 Å². The van der Waals surface area contributed by atoms with Crippen LogP contribution in [0.5, 0.6) is 5.75 Å². The van der Waals surface area contributed by atoms with Crippen LogP contribution in [0.15, 0.2) is 42.5 Å². The van der Waals surface area contributed by atoms with Gasteiger partial charge in [-0.2, -0.15) is 13.2 Å². The van der Waals surface area contributed by atoms with Gasteiger partial charge in [0.2, 0.25) is 0 Å². The molecule has 2 aromatic carbocycles. The van der Waals surface area contributed by atoms with E-state index in [-0.39, 0.29) is 29.7 Å². The summed E-state index contributed by atoms with van der Waals surface area (Å²) in [6.45, 7) is 0. The van der Waals surface area contributed by atoms with Gasteiger partial charge in [0.1, 0.15) is 21.4 Å². The van der Waals surface area contributed by atoms with E-state index in [2.05, 4.69) is 5.32 Å². The van der Waals surface area contributed by atoms with E-state index in [1.54, 1.807) is 25.2 Å². The zero-order valence-corrected chi connectivity index (χ0v) is 18.0. The van der Waals surface area contributed by atoms with E-state index in [4.69, 9.17) is 23.2 Å². The fraction of sp³-hybridized carbons (Fsp3) is 0.238. The molecule has 0 aliphatic rings. The van der Waals surface area contributed by atoms with E-state index in [0.717, 1.165) is 23.5 Å². The third kappa shape index (κ3) is 4.85. The summed E-state index contributed by atoms with van der Waals surface area (Å²) in [6, 6.07) is 9.55. The maximum absolute atomic E-state index is 14.8. The standard InChI is InChI=1S/C21H17Cl2F4NOS/c1-28-20-17(11-4-3-7-14(8-11)21(25,26)27)19(29)15(30-20)9-12-5-2-6-13(18(12)24)10-16(22)23/h2-8,16,28-29H,9-10H2,1H3. The molecule has 1 aromatic heterocycles. The minimum atomic E-state index is -4.50. The lowest BCUT2D eigenvalue weighted by molar-refractivity contribution is -0.137. The van der Waals surface area contributed by atoms with E-state index in [9.17, 15) is 22.7 Å². The van der Waals surface area contributed by atoms with Crippen LogP contribution in [0, 0.1) is 5.82 Å². The molecule has 0 saturated heterocycles. The van der Waals surface area contributed by atoms with Crippen LogP contribution < -0.4 is 5.32 Å². The van der Waals surface area contributed by atoms with E-state index in [0.29, 0.717) is 21.0 Å². The summed E-state index contributed by atoms with van der Waals surface area (Å²) in [5, 5.41) is 14.2. The predicted molar refractivity (Wildman–Crippen MR) is 114 cm³/mol. The fourth-order valence-electron chi connectivity index (χ4n) is 3.15. The van der Waals surface area contributed by atoms with Gasteiger partial charge in [-0.15, -0.1) is 34.5 Å². The maximum atomic E-state index is 14.8. The van der Waals surface area contributed by atoms with Gasteiger partial charge in [0.05, 0.1) is 16.0 Å². The Hall–Kier alpha value is -1.96. The highest BCUT2D eigenvalue weighted by atomic mass is 35.5. The first kappa shape index (κ1) is 22.7. The summed E-state index contributed by atoms with van der Waals surface area (Å²) < 4.78 is 54.1. The average molecular weight is 478 g/mol. The first-order valence-corrected chi connectivity index (χ1v) is 10.5. The third-order valence-corrected chi connectivity index (χ3v) is 6.05. The number of hydrogen-bond donors (Lipinski definition) is 2. The molecule has 0 fully saturated rings. The van der Waals surface area contributed by atoms with Crippen molar-refractivity contribution in [3.8, 4) is 16.9 Å². The molecule has 0 radical (unpaired) electrons. The minimum Gasteiger partial charge on any atom is -0.506 e. The first-order chi connectivity index (χ1) is 14.1. The Balaban J connectivity index is 2.02.